The Morgan fingerprint density at radius 2 is 1.90 bits per heavy atom. The van der Waals surface area contributed by atoms with Gasteiger partial charge in [0.15, 0.2) is 0 Å². The second-order valence-corrected chi connectivity index (χ2v) is 5.48. The van der Waals surface area contributed by atoms with Gasteiger partial charge in [-0.05, 0) is 42.7 Å². The largest absolute Gasteiger partial charge is 0.399 e. The molecule has 0 saturated heterocycles. The lowest BCUT2D eigenvalue weighted by Gasteiger charge is -2.10. The number of fused-ring (bicyclic) bond motifs is 1. The first-order valence-corrected chi connectivity index (χ1v) is 7.48. The topological polar surface area (TPSA) is 43.8 Å². The standard InChI is InChI=1S/C18H21N3/c1-3-11-21-17-10-5-4-9-16(17)20-18(21)12-14-7-6-8-15(19)13(14)2/h4-10H,3,11-12,19H2,1-2H3. The number of aryl methyl sites for hydroxylation is 1. The van der Waals surface area contributed by atoms with E-state index >= 15 is 0 Å². The average Bonchev–Trinajstić information content (AvgIpc) is 2.82. The number of nitrogens with two attached hydrogens (primary N) is 1. The maximum Gasteiger partial charge on any atom is 0.114 e. The molecule has 0 fully saturated rings. The Bertz CT molecular complexity index is 771. The van der Waals surface area contributed by atoms with E-state index in [1.54, 1.807) is 0 Å². The van der Waals surface area contributed by atoms with Crippen LogP contribution in [0.1, 0.15) is 30.3 Å². The normalized spacial score (nSPS) is 11.1. The van der Waals surface area contributed by atoms with Gasteiger partial charge in [-0.25, -0.2) is 4.98 Å². The van der Waals surface area contributed by atoms with Crippen molar-refractivity contribution in [2.45, 2.75) is 33.2 Å². The van der Waals surface area contributed by atoms with Crippen LogP contribution >= 0.6 is 0 Å². The second kappa shape index (κ2) is 5.60. The van der Waals surface area contributed by atoms with Gasteiger partial charge in [-0.3, -0.25) is 0 Å². The van der Waals surface area contributed by atoms with E-state index in [0.717, 1.165) is 42.0 Å². The minimum atomic E-state index is 0.825. The van der Waals surface area contributed by atoms with Gasteiger partial charge in [0.05, 0.1) is 11.0 Å². The molecule has 3 rings (SSSR count). The summed E-state index contributed by atoms with van der Waals surface area (Å²) in [4.78, 5) is 4.82. The van der Waals surface area contributed by atoms with Crippen molar-refractivity contribution in [2.24, 2.45) is 0 Å². The summed E-state index contributed by atoms with van der Waals surface area (Å²) in [5.74, 6) is 1.12. The van der Waals surface area contributed by atoms with E-state index in [1.807, 2.05) is 18.2 Å². The van der Waals surface area contributed by atoms with Crippen molar-refractivity contribution in [1.82, 2.24) is 9.55 Å². The third-order valence-corrected chi connectivity index (χ3v) is 4.02. The fourth-order valence-corrected chi connectivity index (χ4v) is 2.80. The number of benzene rings is 2. The molecule has 2 N–H and O–H groups in total. The molecule has 108 valence electrons. The number of hydrogen-bond acceptors (Lipinski definition) is 2. The predicted molar refractivity (Wildman–Crippen MR) is 88.4 cm³/mol. The molecule has 3 heteroatoms. The van der Waals surface area contributed by atoms with Crippen molar-refractivity contribution >= 4 is 16.7 Å². The number of nitrogen functional groups attached to an aromatic ring is 1. The molecule has 0 atom stereocenters. The van der Waals surface area contributed by atoms with Gasteiger partial charge in [-0.15, -0.1) is 0 Å². The SMILES string of the molecule is CCCn1c(Cc2cccc(N)c2C)nc2ccccc21. The molecule has 21 heavy (non-hydrogen) atoms. The average molecular weight is 279 g/mol. The Hall–Kier alpha value is -2.29. The summed E-state index contributed by atoms with van der Waals surface area (Å²) in [5, 5.41) is 0. The van der Waals surface area contributed by atoms with Crippen LogP contribution in [0.3, 0.4) is 0 Å². The number of hydrogen-bond donors (Lipinski definition) is 1. The van der Waals surface area contributed by atoms with Crippen molar-refractivity contribution in [2.75, 3.05) is 5.73 Å². The van der Waals surface area contributed by atoms with E-state index in [0.29, 0.717) is 0 Å². The van der Waals surface area contributed by atoms with Crippen molar-refractivity contribution in [3.8, 4) is 0 Å². The minimum absolute atomic E-state index is 0.825. The molecule has 0 spiro atoms. The lowest BCUT2D eigenvalue weighted by molar-refractivity contribution is 0.664. The van der Waals surface area contributed by atoms with E-state index in [-0.39, 0.29) is 0 Å². The Balaban J connectivity index is 2.07. The number of rotatable bonds is 4. The molecule has 3 nitrogen and oxygen atoms in total. The summed E-state index contributed by atoms with van der Waals surface area (Å²) in [6.07, 6.45) is 1.93. The molecular formula is C18H21N3. The predicted octanol–water partition coefficient (Wildman–Crippen LogP) is 3.93. The van der Waals surface area contributed by atoms with Gasteiger partial charge in [-0.1, -0.05) is 31.2 Å². The van der Waals surface area contributed by atoms with Crippen LogP contribution in [0, 0.1) is 6.92 Å². The zero-order chi connectivity index (χ0) is 14.8. The van der Waals surface area contributed by atoms with E-state index < -0.39 is 0 Å². The molecule has 0 amide bonds. The van der Waals surface area contributed by atoms with Crippen molar-refractivity contribution in [3.63, 3.8) is 0 Å². The van der Waals surface area contributed by atoms with Crippen LogP contribution < -0.4 is 5.73 Å². The summed E-state index contributed by atoms with van der Waals surface area (Å²) in [6.45, 7) is 5.28. The number of imidazole rings is 1. The highest BCUT2D eigenvalue weighted by molar-refractivity contribution is 5.76. The maximum atomic E-state index is 6.02. The molecule has 0 saturated carbocycles. The Labute approximate surface area is 125 Å². The fourth-order valence-electron chi connectivity index (χ4n) is 2.80. The smallest absolute Gasteiger partial charge is 0.114 e. The molecule has 1 heterocycles. The third kappa shape index (κ3) is 2.51. The van der Waals surface area contributed by atoms with Crippen LogP contribution in [0.5, 0.6) is 0 Å². The highest BCUT2D eigenvalue weighted by Gasteiger charge is 2.12. The van der Waals surface area contributed by atoms with Crippen LogP contribution in [0.4, 0.5) is 5.69 Å². The summed E-state index contributed by atoms with van der Waals surface area (Å²) in [7, 11) is 0. The van der Waals surface area contributed by atoms with Gasteiger partial charge in [0.25, 0.3) is 0 Å². The lowest BCUT2D eigenvalue weighted by Crippen LogP contribution is -2.05. The van der Waals surface area contributed by atoms with Crippen LogP contribution in [0.2, 0.25) is 0 Å². The Morgan fingerprint density at radius 1 is 1.10 bits per heavy atom. The highest BCUT2D eigenvalue weighted by Crippen LogP contribution is 2.22. The number of aromatic nitrogens is 2. The van der Waals surface area contributed by atoms with E-state index in [9.17, 15) is 0 Å². The summed E-state index contributed by atoms with van der Waals surface area (Å²) >= 11 is 0. The molecule has 0 bridgehead atoms. The molecule has 1 aromatic heterocycles. The first kappa shape index (κ1) is 13.7. The van der Waals surface area contributed by atoms with Gasteiger partial charge in [0, 0.05) is 18.7 Å². The molecule has 2 aromatic carbocycles. The van der Waals surface area contributed by atoms with Crippen molar-refractivity contribution < 1.29 is 0 Å². The van der Waals surface area contributed by atoms with Crippen molar-refractivity contribution in [1.29, 1.82) is 0 Å². The molecule has 0 aliphatic carbocycles. The third-order valence-electron chi connectivity index (χ3n) is 4.02. The second-order valence-electron chi connectivity index (χ2n) is 5.48. The number of nitrogens with zero attached hydrogens (tertiary/aromatic N) is 2. The molecule has 3 aromatic rings. The number of para-hydroxylation sites is 2. The molecule has 0 unspecified atom stereocenters. The van der Waals surface area contributed by atoms with Crippen LogP contribution in [-0.2, 0) is 13.0 Å². The Morgan fingerprint density at radius 3 is 2.71 bits per heavy atom. The van der Waals surface area contributed by atoms with Gasteiger partial charge in [0.2, 0.25) is 0 Å². The van der Waals surface area contributed by atoms with E-state index in [4.69, 9.17) is 10.7 Å². The summed E-state index contributed by atoms with van der Waals surface area (Å²) in [6, 6.07) is 14.5. The first-order valence-electron chi connectivity index (χ1n) is 7.48. The van der Waals surface area contributed by atoms with Gasteiger partial charge >= 0.3 is 0 Å². The van der Waals surface area contributed by atoms with Gasteiger partial charge in [-0.2, -0.15) is 0 Å². The monoisotopic (exact) mass is 279 g/mol. The highest BCUT2D eigenvalue weighted by atomic mass is 15.1. The first-order chi connectivity index (χ1) is 10.2. The summed E-state index contributed by atoms with van der Waals surface area (Å²) < 4.78 is 2.33. The van der Waals surface area contributed by atoms with Crippen molar-refractivity contribution in [3.05, 3.63) is 59.4 Å². The molecular weight excluding hydrogens is 258 g/mol. The van der Waals surface area contributed by atoms with Crippen LogP contribution in [0.15, 0.2) is 42.5 Å². The van der Waals surface area contributed by atoms with Gasteiger partial charge in [0.1, 0.15) is 5.82 Å². The Kier molecular flexibility index (Phi) is 3.65. The summed E-state index contributed by atoms with van der Waals surface area (Å²) in [5.41, 5.74) is 11.6. The molecule has 0 aliphatic rings. The zero-order valence-electron chi connectivity index (χ0n) is 12.6. The quantitative estimate of drug-likeness (QED) is 0.735. The van der Waals surface area contributed by atoms with Gasteiger partial charge < -0.3 is 10.3 Å². The zero-order valence-corrected chi connectivity index (χ0v) is 12.6. The van der Waals surface area contributed by atoms with Crippen LogP contribution in [0.25, 0.3) is 11.0 Å². The maximum absolute atomic E-state index is 6.02. The number of anilines is 1. The van der Waals surface area contributed by atoms with Crippen LogP contribution in [-0.4, -0.2) is 9.55 Å². The fraction of sp³-hybridized carbons (Fsp3) is 0.278. The molecule has 0 radical (unpaired) electrons. The molecule has 0 aliphatic heterocycles. The minimum Gasteiger partial charge on any atom is -0.399 e. The lowest BCUT2D eigenvalue weighted by atomic mass is 10.0. The van der Waals surface area contributed by atoms with E-state index in [1.165, 1.54) is 11.1 Å². The van der Waals surface area contributed by atoms with E-state index in [2.05, 4.69) is 42.7 Å².